The summed E-state index contributed by atoms with van der Waals surface area (Å²) >= 11 is 4.11. The van der Waals surface area contributed by atoms with Crippen molar-refractivity contribution < 1.29 is 19.1 Å². The molecular formula is C16H20FNO3S. The summed E-state index contributed by atoms with van der Waals surface area (Å²) in [5.74, 6) is -1.26. The summed E-state index contributed by atoms with van der Waals surface area (Å²) in [5, 5.41) is 9.34. The number of rotatable bonds is 5. The molecule has 0 spiro atoms. The van der Waals surface area contributed by atoms with E-state index in [0.717, 1.165) is 5.56 Å². The molecule has 1 aromatic rings. The summed E-state index contributed by atoms with van der Waals surface area (Å²) in [6.45, 7) is 2.17. The number of nitrogens with zero attached hydrogens (tertiary/aromatic N) is 1. The van der Waals surface area contributed by atoms with E-state index < -0.39 is 12.0 Å². The molecule has 22 heavy (non-hydrogen) atoms. The first-order valence-electron chi connectivity index (χ1n) is 7.31. The van der Waals surface area contributed by atoms with Crippen LogP contribution in [0.5, 0.6) is 0 Å². The molecule has 1 fully saturated rings. The van der Waals surface area contributed by atoms with Crippen LogP contribution in [0, 0.1) is 17.7 Å². The van der Waals surface area contributed by atoms with Crippen molar-refractivity contribution in [3.05, 3.63) is 35.6 Å². The number of aliphatic carboxylic acids is 1. The van der Waals surface area contributed by atoms with E-state index in [1.807, 2.05) is 0 Å². The second-order valence-corrected chi connectivity index (χ2v) is 6.23. The van der Waals surface area contributed by atoms with Crippen molar-refractivity contribution in [2.24, 2.45) is 11.8 Å². The number of likely N-dealkylation sites (tertiary alicyclic amines) is 1. The molecule has 1 aromatic carbocycles. The van der Waals surface area contributed by atoms with Crippen LogP contribution in [-0.4, -0.2) is 40.2 Å². The molecule has 0 radical (unpaired) electrons. The molecule has 1 aliphatic rings. The summed E-state index contributed by atoms with van der Waals surface area (Å²) in [5.41, 5.74) is 0.951. The molecule has 0 aliphatic carbocycles. The number of carbonyl (C=O) groups excluding carboxylic acids is 1. The van der Waals surface area contributed by atoms with E-state index in [9.17, 15) is 19.1 Å². The van der Waals surface area contributed by atoms with Gasteiger partial charge in [0.25, 0.3) is 0 Å². The van der Waals surface area contributed by atoms with Crippen molar-refractivity contribution in [2.75, 3.05) is 12.3 Å². The lowest BCUT2D eigenvalue weighted by Gasteiger charge is -2.24. The molecule has 1 saturated heterocycles. The Bertz CT molecular complexity index is 549. The van der Waals surface area contributed by atoms with Gasteiger partial charge in [-0.3, -0.25) is 4.79 Å². The van der Waals surface area contributed by atoms with Gasteiger partial charge in [-0.25, -0.2) is 9.18 Å². The number of hydrogen-bond donors (Lipinski definition) is 2. The lowest BCUT2D eigenvalue weighted by atomic mass is 9.97. The highest BCUT2D eigenvalue weighted by Gasteiger charge is 2.40. The number of amides is 1. The minimum atomic E-state index is -0.971. The number of benzene rings is 1. The largest absolute Gasteiger partial charge is 0.480 e. The molecule has 0 bridgehead atoms. The average Bonchev–Trinajstić information content (AvgIpc) is 2.92. The number of carbonyl (C=O) groups is 2. The third-order valence-corrected chi connectivity index (χ3v) is 4.64. The fraction of sp³-hybridized carbons (Fsp3) is 0.500. The Morgan fingerprint density at radius 3 is 2.59 bits per heavy atom. The van der Waals surface area contributed by atoms with E-state index in [2.05, 4.69) is 12.6 Å². The zero-order valence-corrected chi connectivity index (χ0v) is 13.3. The van der Waals surface area contributed by atoms with Crippen molar-refractivity contribution >= 4 is 24.5 Å². The SMILES string of the molecule is CC(CS)C(=O)N1CC(Cc2ccc(F)cc2)C[C@H]1C(=O)O. The lowest BCUT2D eigenvalue weighted by molar-refractivity contribution is -0.149. The quantitative estimate of drug-likeness (QED) is 0.816. The van der Waals surface area contributed by atoms with Gasteiger partial charge in [-0.2, -0.15) is 12.6 Å². The highest BCUT2D eigenvalue weighted by molar-refractivity contribution is 7.80. The standard InChI is InChI=1S/C16H20FNO3S/c1-10(9-22)15(19)18-8-12(7-14(18)16(20)21)6-11-2-4-13(17)5-3-11/h2-5,10,12,14,22H,6-9H2,1H3,(H,20,21)/t10?,12?,14-/m0/s1. The fourth-order valence-electron chi connectivity index (χ4n) is 2.86. The third kappa shape index (κ3) is 3.80. The van der Waals surface area contributed by atoms with Crippen LogP contribution in [0.15, 0.2) is 24.3 Å². The van der Waals surface area contributed by atoms with E-state index in [0.29, 0.717) is 25.1 Å². The number of thiol groups is 1. The Labute approximate surface area is 134 Å². The van der Waals surface area contributed by atoms with Gasteiger partial charge in [0.1, 0.15) is 11.9 Å². The van der Waals surface area contributed by atoms with Gasteiger partial charge in [0.15, 0.2) is 0 Å². The minimum absolute atomic E-state index is 0.0719. The predicted molar refractivity (Wildman–Crippen MR) is 84.4 cm³/mol. The molecule has 120 valence electrons. The van der Waals surface area contributed by atoms with Gasteiger partial charge in [-0.05, 0) is 36.5 Å². The van der Waals surface area contributed by atoms with Crippen molar-refractivity contribution in [3.8, 4) is 0 Å². The molecule has 0 aromatic heterocycles. The Hall–Kier alpha value is -1.56. The normalized spacial score (nSPS) is 22.6. The summed E-state index contributed by atoms with van der Waals surface area (Å²) in [4.78, 5) is 25.2. The predicted octanol–water partition coefficient (Wildman–Crippen LogP) is 2.24. The highest BCUT2D eigenvalue weighted by atomic mass is 32.1. The molecule has 2 rings (SSSR count). The van der Waals surface area contributed by atoms with Crippen molar-refractivity contribution in [1.82, 2.24) is 4.90 Å². The monoisotopic (exact) mass is 325 g/mol. The second-order valence-electron chi connectivity index (χ2n) is 5.86. The van der Waals surface area contributed by atoms with Crippen molar-refractivity contribution in [2.45, 2.75) is 25.8 Å². The van der Waals surface area contributed by atoms with E-state index in [1.165, 1.54) is 17.0 Å². The summed E-state index contributed by atoms with van der Waals surface area (Å²) in [7, 11) is 0. The lowest BCUT2D eigenvalue weighted by Crippen LogP contribution is -2.43. The average molecular weight is 325 g/mol. The second kappa shape index (κ2) is 7.13. The van der Waals surface area contributed by atoms with Crippen molar-refractivity contribution in [1.29, 1.82) is 0 Å². The molecule has 2 unspecified atom stereocenters. The highest BCUT2D eigenvalue weighted by Crippen LogP contribution is 2.28. The molecule has 0 saturated carbocycles. The van der Waals surface area contributed by atoms with Crippen LogP contribution in [0.1, 0.15) is 18.9 Å². The first kappa shape index (κ1) is 16.8. The number of halogens is 1. The molecule has 1 amide bonds. The summed E-state index contributed by atoms with van der Waals surface area (Å²) < 4.78 is 12.9. The van der Waals surface area contributed by atoms with Gasteiger partial charge < -0.3 is 10.0 Å². The van der Waals surface area contributed by atoms with Crippen molar-refractivity contribution in [3.63, 3.8) is 0 Å². The molecule has 3 atom stereocenters. The smallest absolute Gasteiger partial charge is 0.326 e. The zero-order chi connectivity index (χ0) is 16.3. The van der Waals surface area contributed by atoms with E-state index in [4.69, 9.17) is 0 Å². The Kier molecular flexibility index (Phi) is 5.45. The molecule has 6 heteroatoms. The van der Waals surface area contributed by atoms with Gasteiger partial charge in [0.05, 0.1) is 0 Å². The fourth-order valence-corrected chi connectivity index (χ4v) is 3.02. The Balaban J connectivity index is 2.08. The van der Waals surface area contributed by atoms with Crippen LogP contribution in [0.2, 0.25) is 0 Å². The number of hydrogen-bond acceptors (Lipinski definition) is 3. The van der Waals surface area contributed by atoms with Gasteiger partial charge in [-0.15, -0.1) is 0 Å². The van der Waals surface area contributed by atoms with Crippen LogP contribution >= 0.6 is 12.6 Å². The van der Waals surface area contributed by atoms with Crippen LogP contribution < -0.4 is 0 Å². The summed E-state index contributed by atoms with van der Waals surface area (Å²) in [6.07, 6.45) is 1.07. The molecule has 1 heterocycles. The van der Waals surface area contributed by atoms with Crippen LogP contribution in [0.4, 0.5) is 4.39 Å². The molecule has 1 N–H and O–H groups in total. The maximum Gasteiger partial charge on any atom is 0.326 e. The van der Waals surface area contributed by atoms with E-state index in [-0.39, 0.29) is 23.6 Å². The number of carboxylic acids is 1. The van der Waals surface area contributed by atoms with E-state index >= 15 is 0 Å². The minimum Gasteiger partial charge on any atom is -0.480 e. The van der Waals surface area contributed by atoms with Crippen LogP contribution in [0.25, 0.3) is 0 Å². The van der Waals surface area contributed by atoms with Gasteiger partial charge >= 0.3 is 5.97 Å². The molecule has 1 aliphatic heterocycles. The van der Waals surface area contributed by atoms with Gasteiger partial charge in [0.2, 0.25) is 5.91 Å². The van der Waals surface area contributed by atoms with Crippen LogP contribution in [0.3, 0.4) is 0 Å². The first-order valence-corrected chi connectivity index (χ1v) is 7.94. The third-order valence-electron chi connectivity index (χ3n) is 4.09. The zero-order valence-electron chi connectivity index (χ0n) is 12.4. The molecular weight excluding hydrogens is 305 g/mol. The maximum absolute atomic E-state index is 12.9. The van der Waals surface area contributed by atoms with Gasteiger partial charge in [0, 0.05) is 18.2 Å². The first-order chi connectivity index (χ1) is 10.4. The molecule has 4 nitrogen and oxygen atoms in total. The maximum atomic E-state index is 12.9. The summed E-state index contributed by atoms with van der Waals surface area (Å²) in [6, 6.07) is 5.41. The Morgan fingerprint density at radius 1 is 1.41 bits per heavy atom. The Morgan fingerprint density at radius 2 is 2.05 bits per heavy atom. The van der Waals surface area contributed by atoms with Crippen LogP contribution in [-0.2, 0) is 16.0 Å². The van der Waals surface area contributed by atoms with E-state index in [1.54, 1.807) is 19.1 Å². The van der Waals surface area contributed by atoms with Gasteiger partial charge in [-0.1, -0.05) is 19.1 Å². The number of carboxylic acid groups (broad SMARTS) is 1. The topological polar surface area (TPSA) is 57.6 Å².